The second-order valence-corrected chi connectivity index (χ2v) is 6.62. The molecule has 1 aromatic heterocycles. The molecule has 1 aliphatic heterocycles. The van der Waals surface area contributed by atoms with Crippen molar-refractivity contribution in [3.05, 3.63) is 57.4 Å². The molecule has 0 spiro atoms. The molecule has 1 fully saturated rings. The second kappa shape index (κ2) is 6.94. The van der Waals surface area contributed by atoms with Gasteiger partial charge in [0.2, 0.25) is 0 Å². The van der Waals surface area contributed by atoms with Crippen LogP contribution in [0.3, 0.4) is 0 Å². The largest absolute Gasteiger partial charge is 0.354 e. The van der Waals surface area contributed by atoms with Gasteiger partial charge in [-0.25, -0.2) is 9.37 Å². The van der Waals surface area contributed by atoms with E-state index in [1.54, 1.807) is 18.3 Å². The summed E-state index contributed by atoms with van der Waals surface area (Å²) in [5, 5.41) is 0.497. The summed E-state index contributed by atoms with van der Waals surface area (Å²) in [5.41, 5.74) is 0.583. The Labute approximate surface area is 142 Å². The third-order valence-corrected chi connectivity index (χ3v) is 4.67. The van der Waals surface area contributed by atoms with Gasteiger partial charge in [0.1, 0.15) is 11.6 Å². The maximum atomic E-state index is 13.8. The van der Waals surface area contributed by atoms with E-state index in [9.17, 15) is 4.39 Å². The molecule has 1 aromatic carbocycles. The van der Waals surface area contributed by atoms with Crippen molar-refractivity contribution in [2.45, 2.75) is 6.54 Å². The van der Waals surface area contributed by atoms with E-state index in [1.165, 1.54) is 6.07 Å². The fourth-order valence-corrected chi connectivity index (χ4v) is 3.05. The first-order valence-corrected chi connectivity index (χ1v) is 8.32. The smallest absolute Gasteiger partial charge is 0.129 e. The molecule has 0 atom stereocenters. The monoisotopic (exact) mass is 383 g/mol. The van der Waals surface area contributed by atoms with Gasteiger partial charge in [-0.3, -0.25) is 4.90 Å². The molecule has 3 rings (SSSR count). The highest BCUT2D eigenvalue weighted by molar-refractivity contribution is 9.10. The van der Waals surface area contributed by atoms with Crippen LogP contribution in [-0.4, -0.2) is 36.1 Å². The summed E-state index contributed by atoms with van der Waals surface area (Å²) >= 11 is 9.49. The van der Waals surface area contributed by atoms with Crippen LogP contribution in [0.4, 0.5) is 10.2 Å². The van der Waals surface area contributed by atoms with Gasteiger partial charge in [-0.05, 0) is 40.2 Å². The van der Waals surface area contributed by atoms with E-state index in [-0.39, 0.29) is 5.82 Å². The molecular formula is C16H16BrClFN3. The number of pyridine rings is 1. The number of hydrogen-bond acceptors (Lipinski definition) is 3. The molecule has 116 valence electrons. The van der Waals surface area contributed by atoms with E-state index in [1.807, 2.05) is 12.1 Å². The van der Waals surface area contributed by atoms with Crippen LogP contribution in [0, 0.1) is 5.82 Å². The van der Waals surface area contributed by atoms with Crippen molar-refractivity contribution in [1.82, 2.24) is 9.88 Å². The minimum atomic E-state index is -0.232. The summed E-state index contributed by atoms with van der Waals surface area (Å²) in [5.74, 6) is 0.747. The Morgan fingerprint density at radius 1 is 1.14 bits per heavy atom. The van der Waals surface area contributed by atoms with Crippen molar-refractivity contribution in [1.29, 1.82) is 0 Å². The zero-order chi connectivity index (χ0) is 15.5. The van der Waals surface area contributed by atoms with E-state index in [4.69, 9.17) is 11.6 Å². The third kappa shape index (κ3) is 3.59. The van der Waals surface area contributed by atoms with Gasteiger partial charge < -0.3 is 4.90 Å². The summed E-state index contributed by atoms with van der Waals surface area (Å²) in [4.78, 5) is 8.88. The number of halogens is 3. The molecule has 0 saturated carbocycles. The van der Waals surface area contributed by atoms with Crippen LogP contribution in [0.2, 0.25) is 5.02 Å². The molecule has 0 unspecified atom stereocenters. The van der Waals surface area contributed by atoms with Crippen molar-refractivity contribution in [3.8, 4) is 0 Å². The highest BCUT2D eigenvalue weighted by Gasteiger charge is 2.20. The molecule has 0 aliphatic carbocycles. The van der Waals surface area contributed by atoms with E-state index in [0.29, 0.717) is 17.1 Å². The topological polar surface area (TPSA) is 19.4 Å². The molecule has 2 heterocycles. The van der Waals surface area contributed by atoms with Crippen molar-refractivity contribution >= 4 is 33.3 Å². The van der Waals surface area contributed by atoms with Crippen molar-refractivity contribution in [2.75, 3.05) is 31.1 Å². The highest BCUT2D eigenvalue weighted by Crippen LogP contribution is 2.22. The molecule has 0 radical (unpaired) electrons. The van der Waals surface area contributed by atoms with Gasteiger partial charge in [-0.15, -0.1) is 0 Å². The quantitative estimate of drug-likeness (QED) is 0.798. The average Bonchev–Trinajstić information content (AvgIpc) is 2.53. The standard InChI is InChI=1S/C16H16BrClFN3/c17-12-4-5-16(20-10-12)22-8-6-21(7-9-22)11-13-14(18)2-1-3-15(13)19/h1-5,10H,6-9,11H2. The number of benzene rings is 1. The minimum absolute atomic E-state index is 0.232. The number of aromatic nitrogens is 1. The maximum Gasteiger partial charge on any atom is 0.129 e. The fraction of sp³-hybridized carbons (Fsp3) is 0.312. The highest BCUT2D eigenvalue weighted by atomic mass is 79.9. The van der Waals surface area contributed by atoms with E-state index in [0.717, 1.165) is 36.5 Å². The Kier molecular flexibility index (Phi) is 4.96. The maximum absolute atomic E-state index is 13.8. The van der Waals surface area contributed by atoms with Crippen molar-refractivity contribution in [2.24, 2.45) is 0 Å². The lowest BCUT2D eigenvalue weighted by Crippen LogP contribution is -2.46. The lowest BCUT2D eigenvalue weighted by molar-refractivity contribution is 0.246. The molecule has 0 N–H and O–H groups in total. The van der Waals surface area contributed by atoms with Crippen molar-refractivity contribution in [3.63, 3.8) is 0 Å². The summed E-state index contributed by atoms with van der Waals surface area (Å²) in [6, 6.07) is 8.84. The molecule has 3 nitrogen and oxygen atoms in total. The predicted octanol–water partition coefficient (Wildman–Crippen LogP) is 3.96. The summed E-state index contributed by atoms with van der Waals surface area (Å²) < 4.78 is 14.8. The molecule has 6 heteroatoms. The van der Waals surface area contributed by atoms with Crippen LogP contribution in [0.1, 0.15) is 5.56 Å². The van der Waals surface area contributed by atoms with Crippen LogP contribution < -0.4 is 4.90 Å². The van der Waals surface area contributed by atoms with Crippen LogP contribution in [0.5, 0.6) is 0 Å². The van der Waals surface area contributed by atoms with Gasteiger partial charge in [-0.2, -0.15) is 0 Å². The fourth-order valence-electron chi connectivity index (χ4n) is 2.60. The SMILES string of the molecule is Fc1cccc(Cl)c1CN1CCN(c2ccc(Br)cn2)CC1. The van der Waals surface area contributed by atoms with Crippen LogP contribution in [0.25, 0.3) is 0 Å². The number of piperazine rings is 1. The van der Waals surface area contributed by atoms with Gasteiger partial charge in [-0.1, -0.05) is 17.7 Å². The minimum Gasteiger partial charge on any atom is -0.354 e. The molecular weight excluding hydrogens is 369 g/mol. The van der Waals surface area contributed by atoms with Gasteiger partial charge in [0, 0.05) is 54.0 Å². The lowest BCUT2D eigenvalue weighted by Gasteiger charge is -2.35. The third-order valence-electron chi connectivity index (χ3n) is 3.85. The Bertz CT molecular complexity index is 622. The van der Waals surface area contributed by atoms with Crippen LogP contribution in [-0.2, 0) is 6.54 Å². The number of anilines is 1. The average molecular weight is 385 g/mol. The molecule has 0 bridgehead atoms. The number of hydrogen-bond donors (Lipinski definition) is 0. The first kappa shape index (κ1) is 15.7. The van der Waals surface area contributed by atoms with Gasteiger partial charge in [0.15, 0.2) is 0 Å². The second-order valence-electron chi connectivity index (χ2n) is 5.30. The lowest BCUT2D eigenvalue weighted by atomic mass is 10.2. The van der Waals surface area contributed by atoms with Gasteiger partial charge in [0.05, 0.1) is 0 Å². The molecule has 2 aromatic rings. The van der Waals surface area contributed by atoms with E-state index < -0.39 is 0 Å². The summed E-state index contributed by atoms with van der Waals surface area (Å²) in [6.45, 7) is 4.03. The molecule has 1 aliphatic rings. The van der Waals surface area contributed by atoms with E-state index >= 15 is 0 Å². The Morgan fingerprint density at radius 3 is 2.55 bits per heavy atom. The van der Waals surface area contributed by atoms with E-state index in [2.05, 4.69) is 30.7 Å². The summed E-state index contributed by atoms with van der Waals surface area (Å²) in [7, 11) is 0. The molecule has 0 amide bonds. The Balaban J connectivity index is 1.61. The number of rotatable bonds is 3. The molecule has 22 heavy (non-hydrogen) atoms. The number of nitrogens with zero attached hydrogens (tertiary/aromatic N) is 3. The zero-order valence-electron chi connectivity index (χ0n) is 12.0. The van der Waals surface area contributed by atoms with Gasteiger partial charge >= 0.3 is 0 Å². The van der Waals surface area contributed by atoms with Crippen molar-refractivity contribution < 1.29 is 4.39 Å². The zero-order valence-corrected chi connectivity index (χ0v) is 14.3. The van der Waals surface area contributed by atoms with Gasteiger partial charge in [0.25, 0.3) is 0 Å². The normalized spacial score (nSPS) is 16.0. The first-order valence-electron chi connectivity index (χ1n) is 7.15. The first-order chi connectivity index (χ1) is 10.6. The molecule has 1 saturated heterocycles. The van der Waals surface area contributed by atoms with Crippen LogP contribution in [0.15, 0.2) is 41.0 Å². The van der Waals surface area contributed by atoms with Crippen LogP contribution >= 0.6 is 27.5 Å². The predicted molar refractivity (Wildman–Crippen MR) is 90.8 cm³/mol. The Hall–Kier alpha value is -1.17. The summed E-state index contributed by atoms with van der Waals surface area (Å²) in [6.07, 6.45) is 1.81. The Morgan fingerprint density at radius 2 is 1.91 bits per heavy atom.